The molecular formula is C8H13NO3. The Labute approximate surface area is 71.5 Å². The molecule has 1 aliphatic heterocycles. The van der Waals surface area contributed by atoms with E-state index in [0.29, 0.717) is 6.61 Å². The van der Waals surface area contributed by atoms with Crippen LogP contribution in [-0.2, 0) is 14.3 Å². The van der Waals surface area contributed by atoms with E-state index in [2.05, 4.69) is 10.1 Å². The van der Waals surface area contributed by atoms with Crippen LogP contribution in [0.3, 0.4) is 0 Å². The van der Waals surface area contributed by atoms with E-state index in [1.807, 2.05) is 0 Å². The van der Waals surface area contributed by atoms with Gasteiger partial charge < -0.3 is 14.8 Å². The second-order valence-electron chi connectivity index (χ2n) is 2.50. The van der Waals surface area contributed by atoms with Gasteiger partial charge in [-0.2, -0.15) is 0 Å². The molecule has 0 aromatic rings. The molecule has 1 saturated heterocycles. The van der Waals surface area contributed by atoms with Gasteiger partial charge in [-0.25, -0.2) is 4.79 Å². The molecule has 1 rings (SSSR count). The molecule has 4 nitrogen and oxygen atoms in total. The SMILES string of the molecule is COC(=O)C=C[C@H]1CNCCO1. The lowest BCUT2D eigenvalue weighted by atomic mass is 10.3. The molecule has 1 N–H and O–H groups in total. The first-order valence-corrected chi connectivity index (χ1v) is 3.91. The molecule has 0 amide bonds. The largest absolute Gasteiger partial charge is 0.466 e. The third kappa shape index (κ3) is 3.02. The van der Waals surface area contributed by atoms with Crippen molar-refractivity contribution in [3.8, 4) is 0 Å². The number of ether oxygens (including phenoxy) is 2. The molecule has 0 aromatic heterocycles. The van der Waals surface area contributed by atoms with E-state index in [4.69, 9.17) is 4.74 Å². The Kier molecular flexibility index (Phi) is 3.76. The number of carbonyl (C=O) groups excluding carboxylic acids is 1. The van der Waals surface area contributed by atoms with Crippen LogP contribution in [0.2, 0.25) is 0 Å². The molecule has 0 aliphatic carbocycles. The lowest BCUT2D eigenvalue weighted by Crippen LogP contribution is -2.37. The van der Waals surface area contributed by atoms with Crippen molar-refractivity contribution in [1.29, 1.82) is 0 Å². The van der Waals surface area contributed by atoms with Crippen LogP contribution in [-0.4, -0.2) is 38.9 Å². The average molecular weight is 171 g/mol. The van der Waals surface area contributed by atoms with Gasteiger partial charge in [0.2, 0.25) is 0 Å². The van der Waals surface area contributed by atoms with E-state index in [0.717, 1.165) is 13.1 Å². The standard InChI is InChI=1S/C8H13NO3/c1-11-8(10)3-2-7-6-9-4-5-12-7/h2-3,7,9H,4-6H2,1H3/t7-/m0/s1. The quantitative estimate of drug-likeness (QED) is 0.458. The number of rotatable bonds is 2. The second kappa shape index (κ2) is 4.90. The van der Waals surface area contributed by atoms with Crippen molar-refractivity contribution in [2.75, 3.05) is 26.8 Å². The minimum atomic E-state index is -0.343. The van der Waals surface area contributed by atoms with Gasteiger partial charge in [0.05, 0.1) is 19.8 Å². The van der Waals surface area contributed by atoms with Crippen LogP contribution in [0.4, 0.5) is 0 Å². The molecule has 1 heterocycles. The molecule has 12 heavy (non-hydrogen) atoms. The smallest absolute Gasteiger partial charge is 0.330 e. The van der Waals surface area contributed by atoms with Crippen LogP contribution in [0.1, 0.15) is 0 Å². The summed E-state index contributed by atoms with van der Waals surface area (Å²) in [5.41, 5.74) is 0. The lowest BCUT2D eigenvalue weighted by molar-refractivity contribution is -0.134. The number of esters is 1. The highest BCUT2D eigenvalue weighted by Gasteiger charge is 2.09. The highest BCUT2D eigenvalue weighted by Crippen LogP contribution is 1.97. The Morgan fingerprint density at radius 3 is 3.17 bits per heavy atom. The van der Waals surface area contributed by atoms with Crippen molar-refractivity contribution < 1.29 is 14.3 Å². The van der Waals surface area contributed by atoms with E-state index in [1.54, 1.807) is 6.08 Å². The number of hydrogen-bond donors (Lipinski definition) is 1. The Hall–Kier alpha value is -0.870. The summed E-state index contributed by atoms with van der Waals surface area (Å²) < 4.78 is 9.76. The van der Waals surface area contributed by atoms with Crippen molar-refractivity contribution >= 4 is 5.97 Å². The summed E-state index contributed by atoms with van der Waals surface area (Å²) in [6, 6.07) is 0. The van der Waals surface area contributed by atoms with Gasteiger partial charge in [-0.05, 0) is 6.08 Å². The van der Waals surface area contributed by atoms with Crippen LogP contribution >= 0.6 is 0 Å². The van der Waals surface area contributed by atoms with Gasteiger partial charge in [0.15, 0.2) is 0 Å². The Bertz CT molecular complexity index is 173. The number of hydrogen-bond acceptors (Lipinski definition) is 4. The molecular weight excluding hydrogens is 158 g/mol. The van der Waals surface area contributed by atoms with Crippen LogP contribution in [0.25, 0.3) is 0 Å². The molecule has 1 atom stereocenters. The molecule has 0 unspecified atom stereocenters. The summed E-state index contributed by atoms with van der Waals surface area (Å²) in [5, 5.41) is 3.15. The number of methoxy groups -OCH3 is 1. The topological polar surface area (TPSA) is 47.6 Å². The van der Waals surface area contributed by atoms with E-state index in [1.165, 1.54) is 13.2 Å². The summed E-state index contributed by atoms with van der Waals surface area (Å²) in [7, 11) is 1.35. The predicted octanol–water partition coefficient (Wildman–Crippen LogP) is -0.296. The maximum atomic E-state index is 10.7. The second-order valence-corrected chi connectivity index (χ2v) is 2.50. The first-order chi connectivity index (χ1) is 5.83. The van der Waals surface area contributed by atoms with Gasteiger partial charge in [0.25, 0.3) is 0 Å². The lowest BCUT2D eigenvalue weighted by Gasteiger charge is -2.20. The minimum absolute atomic E-state index is 0.00199. The zero-order chi connectivity index (χ0) is 8.81. The highest BCUT2D eigenvalue weighted by molar-refractivity contribution is 5.81. The summed E-state index contributed by atoms with van der Waals surface area (Å²) in [4.78, 5) is 10.7. The number of nitrogens with one attached hydrogen (secondary N) is 1. The molecule has 0 aromatic carbocycles. The molecule has 0 bridgehead atoms. The number of morpholine rings is 1. The van der Waals surface area contributed by atoms with E-state index >= 15 is 0 Å². The summed E-state index contributed by atoms with van der Waals surface area (Å²) in [5.74, 6) is -0.343. The van der Waals surface area contributed by atoms with Gasteiger partial charge in [-0.15, -0.1) is 0 Å². The normalized spacial score (nSPS) is 24.2. The fourth-order valence-electron chi connectivity index (χ4n) is 0.963. The molecule has 0 saturated carbocycles. The van der Waals surface area contributed by atoms with E-state index in [9.17, 15) is 4.79 Å². The van der Waals surface area contributed by atoms with Gasteiger partial charge in [0.1, 0.15) is 0 Å². The van der Waals surface area contributed by atoms with E-state index in [-0.39, 0.29) is 12.1 Å². The Morgan fingerprint density at radius 1 is 1.75 bits per heavy atom. The number of carbonyl (C=O) groups is 1. The van der Waals surface area contributed by atoms with Crippen molar-refractivity contribution in [3.63, 3.8) is 0 Å². The van der Waals surface area contributed by atoms with Crippen LogP contribution in [0, 0.1) is 0 Å². The van der Waals surface area contributed by atoms with Crippen molar-refractivity contribution in [2.24, 2.45) is 0 Å². The van der Waals surface area contributed by atoms with Crippen LogP contribution < -0.4 is 5.32 Å². The molecule has 1 aliphatic rings. The first kappa shape index (κ1) is 9.22. The maximum Gasteiger partial charge on any atom is 0.330 e. The maximum absolute atomic E-state index is 10.7. The minimum Gasteiger partial charge on any atom is -0.466 e. The summed E-state index contributed by atoms with van der Waals surface area (Å²) >= 11 is 0. The third-order valence-electron chi connectivity index (χ3n) is 1.60. The van der Waals surface area contributed by atoms with Gasteiger partial charge in [-0.1, -0.05) is 0 Å². The van der Waals surface area contributed by atoms with Gasteiger partial charge in [0, 0.05) is 19.2 Å². The fourth-order valence-corrected chi connectivity index (χ4v) is 0.963. The molecule has 0 spiro atoms. The zero-order valence-electron chi connectivity index (χ0n) is 7.08. The monoisotopic (exact) mass is 171 g/mol. The van der Waals surface area contributed by atoms with Gasteiger partial charge in [-0.3, -0.25) is 0 Å². The molecule has 1 fully saturated rings. The molecule has 4 heteroatoms. The van der Waals surface area contributed by atoms with Crippen molar-refractivity contribution in [3.05, 3.63) is 12.2 Å². The Morgan fingerprint density at radius 2 is 2.58 bits per heavy atom. The predicted molar refractivity (Wildman–Crippen MR) is 43.8 cm³/mol. The average Bonchev–Trinajstić information content (AvgIpc) is 2.16. The zero-order valence-corrected chi connectivity index (χ0v) is 7.08. The highest BCUT2D eigenvalue weighted by atomic mass is 16.5. The summed E-state index contributed by atoms with van der Waals surface area (Å²) in [6.45, 7) is 2.33. The fraction of sp³-hybridized carbons (Fsp3) is 0.625. The Balaban J connectivity index is 2.28. The molecule has 0 radical (unpaired) electrons. The third-order valence-corrected chi connectivity index (χ3v) is 1.60. The van der Waals surface area contributed by atoms with Crippen molar-refractivity contribution in [2.45, 2.75) is 6.10 Å². The van der Waals surface area contributed by atoms with E-state index < -0.39 is 0 Å². The first-order valence-electron chi connectivity index (χ1n) is 3.91. The summed E-state index contributed by atoms with van der Waals surface area (Å²) in [6.07, 6.45) is 3.09. The molecule has 68 valence electrons. The van der Waals surface area contributed by atoms with Crippen molar-refractivity contribution in [1.82, 2.24) is 5.32 Å². The van der Waals surface area contributed by atoms with Crippen LogP contribution in [0.15, 0.2) is 12.2 Å². The van der Waals surface area contributed by atoms with Gasteiger partial charge >= 0.3 is 5.97 Å². The van der Waals surface area contributed by atoms with Crippen LogP contribution in [0.5, 0.6) is 0 Å².